The second kappa shape index (κ2) is 7.74. The van der Waals surface area contributed by atoms with Crippen LogP contribution in [0.25, 0.3) is 0 Å². The van der Waals surface area contributed by atoms with Crippen molar-refractivity contribution in [3.8, 4) is 5.75 Å². The molecule has 0 amide bonds. The summed E-state index contributed by atoms with van der Waals surface area (Å²) in [5.74, 6) is 0.434. The van der Waals surface area contributed by atoms with Gasteiger partial charge >= 0.3 is 0 Å². The first kappa shape index (κ1) is 15.4. The van der Waals surface area contributed by atoms with Crippen LogP contribution in [0.15, 0.2) is 42.7 Å². The second-order valence-corrected chi connectivity index (χ2v) is 5.05. The summed E-state index contributed by atoms with van der Waals surface area (Å²) in [6, 6.07) is 9.68. The van der Waals surface area contributed by atoms with E-state index in [0.717, 1.165) is 24.3 Å². The van der Waals surface area contributed by atoms with E-state index in [1.165, 1.54) is 17.8 Å². The van der Waals surface area contributed by atoms with Crippen LogP contribution in [-0.4, -0.2) is 11.5 Å². The Morgan fingerprint density at radius 2 is 2.14 bits per heavy atom. The summed E-state index contributed by atoms with van der Waals surface area (Å²) in [4.78, 5) is 3.81. The fourth-order valence-electron chi connectivity index (χ4n) is 2.05. The predicted molar refractivity (Wildman–Crippen MR) is 81.7 cm³/mol. The van der Waals surface area contributed by atoms with Crippen molar-refractivity contribution in [2.75, 3.05) is 6.54 Å². The normalized spacial score (nSPS) is 12.1. The molecule has 2 rings (SSSR count). The van der Waals surface area contributed by atoms with Crippen LogP contribution in [0.3, 0.4) is 0 Å². The lowest BCUT2D eigenvalue weighted by Gasteiger charge is -2.15. The van der Waals surface area contributed by atoms with Crippen molar-refractivity contribution in [3.63, 3.8) is 0 Å². The topological polar surface area (TPSA) is 34.1 Å². The third-order valence-corrected chi connectivity index (χ3v) is 3.23. The molecular formula is C17H21FN2O. The van der Waals surface area contributed by atoms with Gasteiger partial charge < -0.3 is 10.1 Å². The van der Waals surface area contributed by atoms with Gasteiger partial charge in [0, 0.05) is 17.8 Å². The highest BCUT2D eigenvalue weighted by atomic mass is 19.1. The summed E-state index contributed by atoms with van der Waals surface area (Å²) in [5.41, 5.74) is 1.90. The van der Waals surface area contributed by atoms with Crippen molar-refractivity contribution < 1.29 is 9.13 Å². The van der Waals surface area contributed by atoms with Gasteiger partial charge in [0.2, 0.25) is 0 Å². The first-order valence-electron chi connectivity index (χ1n) is 7.24. The largest absolute Gasteiger partial charge is 0.489 e. The van der Waals surface area contributed by atoms with E-state index >= 15 is 0 Å². The number of hydrogen-bond acceptors (Lipinski definition) is 3. The van der Waals surface area contributed by atoms with Crippen LogP contribution in [-0.2, 0) is 6.61 Å². The number of pyridine rings is 1. The molecule has 0 spiro atoms. The van der Waals surface area contributed by atoms with Gasteiger partial charge in [0.15, 0.2) is 0 Å². The molecule has 0 radical (unpaired) electrons. The van der Waals surface area contributed by atoms with Gasteiger partial charge in [-0.2, -0.15) is 0 Å². The molecule has 0 fully saturated rings. The minimum Gasteiger partial charge on any atom is -0.489 e. The van der Waals surface area contributed by atoms with E-state index < -0.39 is 0 Å². The molecule has 0 bridgehead atoms. The fourth-order valence-corrected chi connectivity index (χ4v) is 2.05. The van der Waals surface area contributed by atoms with Crippen molar-refractivity contribution in [1.82, 2.24) is 10.3 Å². The first-order valence-corrected chi connectivity index (χ1v) is 7.24. The molecule has 112 valence electrons. The maximum absolute atomic E-state index is 13.1. The Bertz CT molecular complexity index is 574. The molecule has 1 N–H and O–H groups in total. The molecule has 1 atom stereocenters. The van der Waals surface area contributed by atoms with Gasteiger partial charge in [-0.3, -0.25) is 4.98 Å². The number of nitrogens with zero attached hydrogens (tertiary/aromatic N) is 1. The van der Waals surface area contributed by atoms with E-state index in [2.05, 4.69) is 30.2 Å². The Morgan fingerprint density at radius 3 is 2.90 bits per heavy atom. The average Bonchev–Trinajstić information content (AvgIpc) is 2.51. The van der Waals surface area contributed by atoms with E-state index in [0.29, 0.717) is 6.61 Å². The maximum atomic E-state index is 13.1. The van der Waals surface area contributed by atoms with E-state index in [9.17, 15) is 4.39 Å². The van der Waals surface area contributed by atoms with Gasteiger partial charge in [0.05, 0.1) is 6.20 Å². The third-order valence-electron chi connectivity index (χ3n) is 3.23. The van der Waals surface area contributed by atoms with Crippen LogP contribution in [0.4, 0.5) is 4.39 Å². The van der Waals surface area contributed by atoms with Crippen molar-refractivity contribution in [1.29, 1.82) is 0 Å². The highest BCUT2D eigenvalue weighted by molar-refractivity contribution is 5.30. The molecule has 1 aromatic carbocycles. The summed E-state index contributed by atoms with van der Waals surface area (Å²) >= 11 is 0. The zero-order valence-electron chi connectivity index (χ0n) is 12.5. The van der Waals surface area contributed by atoms with E-state index in [4.69, 9.17) is 4.74 Å². The van der Waals surface area contributed by atoms with Gasteiger partial charge in [0.25, 0.3) is 0 Å². The monoisotopic (exact) mass is 288 g/mol. The van der Waals surface area contributed by atoms with Crippen molar-refractivity contribution in [2.24, 2.45) is 0 Å². The lowest BCUT2D eigenvalue weighted by atomic mass is 10.1. The zero-order valence-corrected chi connectivity index (χ0v) is 12.5. The van der Waals surface area contributed by atoms with Crippen LogP contribution in [0, 0.1) is 5.82 Å². The van der Waals surface area contributed by atoms with Crippen LogP contribution in [0.1, 0.15) is 37.4 Å². The molecule has 4 heteroatoms. The Morgan fingerprint density at radius 1 is 1.29 bits per heavy atom. The Labute approximate surface area is 125 Å². The summed E-state index contributed by atoms with van der Waals surface area (Å²) in [6.45, 7) is 5.57. The Hall–Kier alpha value is -1.94. The zero-order chi connectivity index (χ0) is 15.1. The predicted octanol–water partition coefficient (Wildman–Crippen LogP) is 3.86. The summed E-state index contributed by atoms with van der Waals surface area (Å²) in [7, 11) is 0. The molecule has 0 aliphatic rings. The summed E-state index contributed by atoms with van der Waals surface area (Å²) < 4.78 is 18.8. The summed E-state index contributed by atoms with van der Waals surface area (Å²) in [5, 5.41) is 3.44. The molecule has 0 aliphatic heterocycles. The van der Waals surface area contributed by atoms with Gasteiger partial charge in [0.1, 0.15) is 18.2 Å². The maximum Gasteiger partial charge on any atom is 0.141 e. The molecule has 1 aromatic heterocycles. The first-order chi connectivity index (χ1) is 10.2. The molecule has 1 unspecified atom stereocenters. The molecule has 2 aromatic rings. The standard InChI is InChI=1S/C17H21FN2O/c1-3-7-20-13(2)15-5-4-6-17(9-15)21-12-14-8-16(18)11-19-10-14/h4-6,8-11,13,20H,3,7,12H2,1-2H3. The number of aromatic nitrogens is 1. The fraction of sp³-hybridized carbons (Fsp3) is 0.353. The van der Waals surface area contributed by atoms with Crippen molar-refractivity contribution in [2.45, 2.75) is 32.9 Å². The highest BCUT2D eigenvalue weighted by Crippen LogP contribution is 2.20. The molecule has 0 saturated carbocycles. The molecule has 0 aliphatic carbocycles. The second-order valence-electron chi connectivity index (χ2n) is 5.05. The van der Waals surface area contributed by atoms with Crippen LogP contribution in [0.5, 0.6) is 5.75 Å². The molecule has 3 nitrogen and oxygen atoms in total. The van der Waals surface area contributed by atoms with Crippen molar-refractivity contribution in [3.05, 3.63) is 59.7 Å². The quantitative estimate of drug-likeness (QED) is 0.840. The minimum absolute atomic E-state index is 0.282. The van der Waals surface area contributed by atoms with Crippen LogP contribution < -0.4 is 10.1 Å². The molecule has 21 heavy (non-hydrogen) atoms. The molecule has 0 saturated heterocycles. The van der Waals surface area contributed by atoms with E-state index in [-0.39, 0.29) is 11.9 Å². The number of nitrogens with one attached hydrogen (secondary N) is 1. The highest BCUT2D eigenvalue weighted by Gasteiger charge is 2.05. The van der Waals surface area contributed by atoms with E-state index in [1.54, 1.807) is 6.20 Å². The van der Waals surface area contributed by atoms with Gasteiger partial charge in [-0.05, 0) is 43.7 Å². The lowest BCUT2D eigenvalue weighted by Crippen LogP contribution is -2.19. The SMILES string of the molecule is CCCNC(C)c1cccc(OCc2cncc(F)c2)c1. The third kappa shape index (κ3) is 4.83. The van der Waals surface area contributed by atoms with Crippen LogP contribution in [0.2, 0.25) is 0 Å². The molecular weight excluding hydrogens is 267 g/mol. The van der Waals surface area contributed by atoms with Crippen LogP contribution >= 0.6 is 0 Å². The average molecular weight is 288 g/mol. The minimum atomic E-state index is -0.345. The van der Waals surface area contributed by atoms with Crippen molar-refractivity contribution >= 4 is 0 Å². The smallest absolute Gasteiger partial charge is 0.141 e. The Balaban J connectivity index is 1.97. The number of rotatable bonds is 7. The lowest BCUT2D eigenvalue weighted by molar-refractivity contribution is 0.304. The van der Waals surface area contributed by atoms with Gasteiger partial charge in [-0.15, -0.1) is 0 Å². The van der Waals surface area contributed by atoms with Gasteiger partial charge in [-0.1, -0.05) is 19.1 Å². The summed E-state index contributed by atoms with van der Waals surface area (Å²) in [6.07, 6.45) is 3.90. The van der Waals surface area contributed by atoms with Gasteiger partial charge in [-0.25, -0.2) is 4.39 Å². The number of ether oxygens (including phenoxy) is 1. The number of hydrogen-bond donors (Lipinski definition) is 1. The number of benzene rings is 1. The molecule has 1 heterocycles. The Kier molecular flexibility index (Phi) is 5.69. The van der Waals surface area contributed by atoms with E-state index in [1.807, 2.05) is 18.2 Å². The number of halogens is 1.